The van der Waals surface area contributed by atoms with E-state index in [-0.39, 0.29) is 5.91 Å². The van der Waals surface area contributed by atoms with Gasteiger partial charge in [-0.05, 0) is 67.0 Å². The minimum Gasteiger partial charge on any atom is -0.493 e. The molecule has 4 rings (SSSR count). The second-order valence-electron chi connectivity index (χ2n) is 7.76. The van der Waals surface area contributed by atoms with E-state index in [0.717, 1.165) is 29.5 Å². The minimum atomic E-state index is -0.453. The summed E-state index contributed by atoms with van der Waals surface area (Å²) in [4.78, 5) is 14.7. The summed E-state index contributed by atoms with van der Waals surface area (Å²) in [6.45, 7) is 1.27. The Kier molecular flexibility index (Phi) is 6.72. The average Bonchev–Trinajstić information content (AvgIpc) is 3.56. The van der Waals surface area contributed by atoms with Crippen LogP contribution in [0, 0.1) is 0 Å². The number of carbonyl (C=O) groups excluding carboxylic acids is 1. The number of anilines is 1. The van der Waals surface area contributed by atoms with E-state index in [2.05, 4.69) is 18.4 Å². The highest BCUT2D eigenvalue weighted by Crippen LogP contribution is 2.40. The molecule has 1 aliphatic carbocycles. The third kappa shape index (κ3) is 4.86. The van der Waals surface area contributed by atoms with Gasteiger partial charge in [-0.1, -0.05) is 12.1 Å². The van der Waals surface area contributed by atoms with E-state index < -0.39 is 6.10 Å². The van der Waals surface area contributed by atoms with Gasteiger partial charge < -0.3 is 19.1 Å². The molecule has 1 aliphatic heterocycles. The molecule has 6 heteroatoms. The normalized spacial score (nSPS) is 18.5. The molecule has 5 nitrogen and oxygen atoms in total. The predicted molar refractivity (Wildman–Crippen MR) is 121 cm³/mol. The van der Waals surface area contributed by atoms with Crippen LogP contribution >= 0.6 is 11.8 Å². The van der Waals surface area contributed by atoms with Crippen molar-refractivity contribution in [3.8, 4) is 17.2 Å². The molecule has 1 unspecified atom stereocenters. The molecule has 30 heavy (non-hydrogen) atoms. The molecule has 2 aromatic carbocycles. The predicted octanol–water partition coefficient (Wildman–Crippen LogP) is 4.89. The second kappa shape index (κ2) is 9.65. The molecule has 1 saturated carbocycles. The number of benzene rings is 2. The van der Waals surface area contributed by atoms with Crippen LogP contribution in [-0.2, 0) is 4.79 Å². The topological polar surface area (TPSA) is 48.0 Å². The third-order valence-electron chi connectivity index (χ3n) is 5.57. The van der Waals surface area contributed by atoms with Gasteiger partial charge in [-0.2, -0.15) is 11.8 Å². The zero-order valence-corrected chi connectivity index (χ0v) is 18.5. The number of rotatable bonds is 10. The highest BCUT2D eigenvalue weighted by atomic mass is 32.2. The van der Waals surface area contributed by atoms with Crippen LogP contribution in [0.4, 0.5) is 5.69 Å². The highest BCUT2D eigenvalue weighted by Gasteiger charge is 2.35. The molecule has 160 valence electrons. The van der Waals surface area contributed by atoms with E-state index in [0.29, 0.717) is 31.1 Å². The van der Waals surface area contributed by atoms with Crippen molar-refractivity contribution in [2.75, 3.05) is 37.2 Å². The summed E-state index contributed by atoms with van der Waals surface area (Å²) in [5.74, 6) is 3.87. The highest BCUT2D eigenvalue weighted by molar-refractivity contribution is 7.98. The first-order valence-electron chi connectivity index (χ1n) is 10.6. The Bertz CT molecular complexity index is 866. The van der Waals surface area contributed by atoms with Gasteiger partial charge in [0.15, 0.2) is 17.6 Å². The van der Waals surface area contributed by atoms with Gasteiger partial charge in [0.05, 0.1) is 13.7 Å². The number of hydrogen-bond donors (Lipinski definition) is 0. The Labute approximate surface area is 182 Å². The van der Waals surface area contributed by atoms with Crippen molar-refractivity contribution in [3.05, 3.63) is 48.0 Å². The summed E-state index contributed by atoms with van der Waals surface area (Å²) in [5, 5.41) is 0. The van der Waals surface area contributed by atoms with Gasteiger partial charge in [0.1, 0.15) is 5.75 Å². The smallest absolute Gasteiger partial charge is 0.268 e. The summed E-state index contributed by atoms with van der Waals surface area (Å²) in [7, 11) is 1.62. The van der Waals surface area contributed by atoms with Crippen LogP contribution in [0.2, 0.25) is 0 Å². The summed E-state index contributed by atoms with van der Waals surface area (Å²) in [6, 6.07) is 13.9. The number of methoxy groups -OCH3 is 1. The molecule has 1 heterocycles. The first kappa shape index (κ1) is 20.9. The molecule has 0 bridgehead atoms. The fraction of sp³-hybridized carbons (Fsp3) is 0.458. The molecular weight excluding hydrogens is 398 g/mol. The van der Waals surface area contributed by atoms with E-state index in [1.807, 2.05) is 30.3 Å². The second-order valence-corrected chi connectivity index (χ2v) is 8.74. The Balaban J connectivity index is 1.38. The monoisotopic (exact) mass is 427 g/mol. The molecule has 2 aromatic rings. The Morgan fingerprint density at radius 3 is 2.57 bits per heavy atom. The Morgan fingerprint density at radius 1 is 1.07 bits per heavy atom. The van der Waals surface area contributed by atoms with Gasteiger partial charge in [0.25, 0.3) is 5.91 Å². The Morgan fingerprint density at radius 2 is 1.87 bits per heavy atom. The van der Waals surface area contributed by atoms with E-state index in [4.69, 9.17) is 14.2 Å². The molecule has 0 spiro atoms. The number of carbonyl (C=O) groups is 1. The van der Waals surface area contributed by atoms with Crippen LogP contribution in [0.15, 0.2) is 42.5 Å². The number of thioether (sulfide) groups is 1. The van der Waals surface area contributed by atoms with E-state index >= 15 is 0 Å². The molecule has 0 aromatic heterocycles. The van der Waals surface area contributed by atoms with Crippen LogP contribution in [-0.4, -0.2) is 44.3 Å². The van der Waals surface area contributed by atoms with Crippen LogP contribution in [0.3, 0.4) is 0 Å². The zero-order chi connectivity index (χ0) is 20.9. The maximum Gasteiger partial charge on any atom is 0.268 e. The first-order valence-corrected chi connectivity index (χ1v) is 12.0. The van der Waals surface area contributed by atoms with Crippen molar-refractivity contribution in [1.29, 1.82) is 0 Å². The van der Waals surface area contributed by atoms with Crippen molar-refractivity contribution in [3.63, 3.8) is 0 Å². The quantitative estimate of drug-likeness (QED) is 0.505. The average molecular weight is 428 g/mol. The molecule has 1 amide bonds. The lowest BCUT2D eigenvalue weighted by Gasteiger charge is -2.19. The van der Waals surface area contributed by atoms with E-state index in [1.54, 1.807) is 23.8 Å². The molecule has 2 aliphatic rings. The molecule has 0 N–H and O–H groups in total. The van der Waals surface area contributed by atoms with Crippen molar-refractivity contribution in [1.82, 2.24) is 0 Å². The van der Waals surface area contributed by atoms with E-state index in [9.17, 15) is 4.79 Å². The fourth-order valence-electron chi connectivity index (χ4n) is 3.75. The van der Waals surface area contributed by atoms with Crippen molar-refractivity contribution < 1.29 is 19.0 Å². The van der Waals surface area contributed by atoms with Gasteiger partial charge in [0.2, 0.25) is 0 Å². The number of ether oxygens (including phenoxy) is 3. The third-order valence-corrected chi connectivity index (χ3v) is 6.27. The van der Waals surface area contributed by atoms with E-state index in [1.165, 1.54) is 18.4 Å². The van der Waals surface area contributed by atoms with Crippen LogP contribution < -0.4 is 19.1 Å². The molecule has 2 fully saturated rings. The van der Waals surface area contributed by atoms with Crippen molar-refractivity contribution >= 4 is 23.4 Å². The molecule has 1 atom stereocenters. The number of nitrogens with zero attached hydrogens (tertiary/aromatic N) is 1. The van der Waals surface area contributed by atoms with Crippen LogP contribution in [0.25, 0.3) is 0 Å². The summed E-state index contributed by atoms with van der Waals surface area (Å²) < 4.78 is 17.3. The maximum atomic E-state index is 13.0. The largest absolute Gasteiger partial charge is 0.493 e. The minimum absolute atomic E-state index is 0.0167. The van der Waals surface area contributed by atoms with Gasteiger partial charge in [-0.3, -0.25) is 4.79 Å². The van der Waals surface area contributed by atoms with Gasteiger partial charge in [0, 0.05) is 24.7 Å². The molecule has 1 saturated heterocycles. The summed E-state index contributed by atoms with van der Waals surface area (Å²) in [6.07, 6.45) is 5.84. The Hall–Kier alpha value is -2.34. The van der Waals surface area contributed by atoms with Gasteiger partial charge in [-0.25, -0.2) is 0 Å². The lowest BCUT2D eigenvalue weighted by molar-refractivity contribution is -0.122. The number of amides is 1. The lowest BCUT2D eigenvalue weighted by Crippen LogP contribution is -2.32. The molecule has 0 radical (unpaired) electrons. The SMILES string of the molecule is COc1cc(N2CCC(Oc3ccc(C4CC4)cc3)C2=O)ccc1OCCCSC. The standard InChI is InChI=1S/C24H29NO4S/c1-27-23-16-19(8-11-21(23)28-14-3-15-30-2)25-13-12-22(24(25)26)29-20-9-6-18(7-10-20)17-4-5-17/h6-11,16-17,22H,3-5,12-15H2,1-2H3. The van der Waals surface area contributed by atoms with Crippen molar-refractivity contribution in [2.45, 2.75) is 37.7 Å². The first-order chi connectivity index (χ1) is 14.7. The molecular formula is C24H29NO4S. The van der Waals surface area contributed by atoms with Gasteiger partial charge in [-0.15, -0.1) is 0 Å². The van der Waals surface area contributed by atoms with Gasteiger partial charge >= 0.3 is 0 Å². The lowest BCUT2D eigenvalue weighted by atomic mass is 10.1. The van der Waals surface area contributed by atoms with Crippen molar-refractivity contribution in [2.24, 2.45) is 0 Å². The van der Waals surface area contributed by atoms with Crippen LogP contribution in [0.1, 0.15) is 37.2 Å². The van der Waals surface area contributed by atoms with Crippen LogP contribution in [0.5, 0.6) is 17.2 Å². The zero-order valence-electron chi connectivity index (χ0n) is 17.6. The maximum absolute atomic E-state index is 13.0. The number of hydrogen-bond acceptors (Lipinski definition) is 5. The summed E-state index contributed by atoms with van der Waals surface area (Å²) in [5.41, 5.74) is 2.17. The summed E-state index contributed by atoms with van der Waals surface area (Å²) >= 11 is 1.80. The fourth-order valence-corrected chi connectivity index (χ4v) is 4.15.